The van der Waals surface area contributed by atoms with Crippen LogP contribution in [0.25, 0.3) is 5.70 Å². The van der Waals surface area contributed by atoms with Crippen molar-refractivity contribution in [3.8, 4) is 0 Å². The van der Waals surface area contributed by atoms with Gasteiger partial charge in [0.1, 0.15) is 0 Å². The summed E-state index contributed by atoms with van der Waals surface area (Å²) in [5.74, 6) is -0.170. The number of Topliss-reactive ketones (excluding diaryl/α,β-unsaturated/α-hetero) is 1. The molecular formula is C24H24N2O3. The van der Waals surface area contributed by atoms with Gasteiger partial charge in [-0.3, -0.25) is 14.9 Å². The zero-order valence-electron chi connectivity index (χ0n) is 16.9. The normalized spacial score (nSPS) is 20.9. The lowest BCUT2D eigenvalue weighted by molar-refractivity contribution is -0.384. The Hall–Kier alpha value is -3.21. The number of nitro benzene ring substituents is 1. The van der Waals surface area contributed by atoms with Gasteiger partial charge >= 0.3 is 0 Å². The Kier molecular flexibility index (Phi) is 4.61. The summed E-state index contributed by atoms with van der Waals surface area (Å²) < 4.78 is 0. The van der Waals surface area contributed by atoms with Crippen LogP contribution in [-0.2, 0) is 4.79 Å². The third-order valence-electron chi connectivity index (χ3n) is 5.79. The van der Waals surface area contributed by atoms with Gasteiger partial charge in [-0.15, -0.1) is 0 Å². The van der Waals surface area contributed by atoms with Crippen LogP contribution in [0.4, 0.5) is 5.69 Å². The van der Waals surface area contributed by atoms with Crippen LogP contribution < -0.4 is 5.32 Å². The first-order valence-electron chi connectivity index (χ1n) is 9.81. The molecule has 29 heavy (non-hydrogen) atoms. The lowest BCUT2D eigenvalue weighted by atomic mass is 9.68. The molecule has 1 unspecified atom stereocenters. The number of benzene rings is 2. The van der Waals surface area contributed by atoms with E-state index in [4.69, 9.17) is 0 Å². The topological polar surface area (TPSA) is 72.2 Å². The minimum Gasteiger partial charge on any atom is -0.358 e. The standard InChI is InChI=1S/C24H24N2O3/c1-15-21(17-10-7-11-18(12-17)26(28)29)22-19(13-24(2,3)14-20(22)27)25-23(15)16-8-5-4-6-9-16/h4-12,21,25H,13-14H2,1-3H3. The van der Waals surface area contributed by atoms with Crippen LogP contribution in [0, 0.1) is 15.5 Å². The fourth-order valence-electron chi connectivity index (χ4n) is 4.53. The quantitative estimate of drug-likeness (QED) is 0.568. The zero-order valence-corrected chi connectivity index (χ0v) is 16.9. The zero-order chi connectivity index (χ0) is 20.8. The number of nitrogens with one attached hydrogen (secondary N) is 1. The second-order valence-electron chi connectivity index (χ2n) is 8.67. The van der Waals surface area contributed by atoms with E-state index in [1.165, 1.54) is 6.07 Å². The lowest BCUT2D eigenvalue weighted by Crippen LogP contribution is -2.36. The van der Waals surface area contributed by atoms with Crippen molar-refractivity contribution >= 4 is 17.2 Å². The number of dihydropyridines is 1. The summed E-state index contributed by atoms with van der Waals surface area (Å²) in [5.41, 5.74) is 5.42. The Morgan fingerprint density at radius 3 is 2.48 bits per heavy atom. The van der Waals surface area contributed by atoms with E-state index in [1.807, 2.05) is 43.3 Å². The minimum absolute atomic E-state index is 0.0424. The van der Waals surface area contributed by atoms with Gasteiger partial charge in [0.25, 0.3) is 5.69 Å². The number of carbonyl (C=O) groups excluding carboxylic acids is 1. The van der Waals surface area contributed by atoms with Crippen LogP contribution in [0.1, 0.15) is 50.7 Å². The summed E-state index contributed by atoms with van der Waals surface area (Å²) in [7, 11) is 0. The molecule has 0 amide bonds. The monoisotopic (exact) mass is 388 g/mol. The number of carbonyl (C=O) groups is 1. The van der Waals surface area contributed by atoms with Gasteiger partial charge in [-0.05, 0) is 35.5 Å². The van der Waals surface area contributed by atoms with Gasteiger partial charge in [0.2, 0.25) is 0 Å². The van der Waals surface area contributed by atoms with Crippen molar-refractivity contribution in [3.05, 3.63) is 92.7 Å². The molecule has 2 aliphatic rings. The van der Waals surface area contributed by atoms with Crippen molar-refractivity contribution in [2.24, 2.45) is 5.41 Å². The van der Waals surface area contributed by atoms with Crippen LogP contribution in [-0.4, -0.2) is 10.7 Å². The molecule has 0 bridgehead atoms. The Balaban J connectivity index is 1.92. The molecule has 1 heterocycles. The maximum atomic E-state index is 13.2. The van der Waals surface area contributed by atoms with Crippen LogP contribution in [0.2, 0.25) is 0 Å². The highest BCUT2D eigenvalue weighted by atomic mass is 16.6. The van der Waals surface area contributed by atoms with E-state index in [-0.39, 0.29) is 27.7 Å². The predicted octanol–water partition coefficient (Wildman–Crippen LogP) is 5.36. The highest BCUT2D eigenvalue weighted by Crippen LogP contribution is 2.48. The van der Waals surface area contributed by atoms with Crippen LogP contribution in [0.3, 0.4) is 0 Å². The summed E-state index contributed by atoms with van der Waals surface area (Å²) in [6, 6.07) is 16.7. The number of hydrogen-bond acceptors (Lipinski definition) is 4. The molecule has 0 saturated carbocycles. The Morgan fingerprint density at radius 1 is 1.07 bits per heavy atom. The van der Waals surface area contributed by atoms with Crippen LogP contribution in [0.5, 0.6) is 0 Å². The van der Waals surface area contributed by atoms with Crippen molar-refractivity contribution in [2.45, 2.75) is 39.5 Å². The van der Waals surface area contributed by atoms with Gasteiger partial charge in [-0.1, -0.05) is 56.3 Å². The largest absolute Gasteiger partial charge is 0.358 e. The first-order valence-corrected chi connectivity index (χ1v) is 9.81. The maximum absolute atomic E-state index is 13.2. The first-order chi connectivity index (χ1) is 13.8. The maximum Gasteiger partial charge on any atom is 0.269 e. The second kappa shape index (κ2) is 6.99. The van der Waals surface area contributed by atoms with E-state index in [2.05, 4.69) is 19.2 Å². The number of rotatable bonds is 3. The predicted molar refractivity (Wildman–Crippen MR) is 113 cm³/mol. The van der Waals surface area contributed by atoms with Gasteiger partial charge in [-0.25, -0.2) is 0 Å². The molecule has 0 aromatic heterocycles. The molecule has 1 aliphatic carbocycles. The Morgan fingerprint density at radius 2 is 1.79 bits per heavy atom. The molecule has 148 valence electrons. The summed E-state index contributed by atoms with van der Waals surface area (Å²) in [6.45, 7) is 6.22. The summed E-state index contributed by atoms with van der Waals surface area (Å²) in [4.78, 5) is 24.1. The van der Waals surface area contributed by atoms with Gasteiger partial charge in [-0.2, -0.15) is 0 Å². The van der Waals surface area contributed by atoms with Crippen molar-refractivity contribution in [1.29, 1.82) is 0 Å². The fraction of sp³-hybridized carbons (Fsp3) is 0.292. The van der Waals surface area contributed by atoms with Gasteiger partial charge in [0.05, 0.1) is 4.92 Å². The number of ketones is 1. The van der Waals surface area contributed by atoms with Crippen molar-refractivity contribution in [1.82, 2.24) is 5.32 Å². The van der Waals surface area contributed by atoms with Crippen LogP contribution in [0.15, 0.2) is 71.4 Å². The van der Waals surface area contributed by atoms with E-state index in [0.29, 0.717) is 6.42 Å². The van der Waals surface area contributed by atoms with E-state index in [9.17, 15) is 14.9 Å². The Bertz CT molecular complexity index is 1060. The summed E-state index contributed by atoms with van der Waals surface area (Å²) in [6.07, 6.45) is 1.25. The van der Waals surface area contributed by atoms with Gasteiger partial charge in [0.15, 0.2) is 5.78 Å². The highest BCUT2D eigenvalue weighted by Gasteiger charge is 2.40. The van der Waals surface area contributed by atoms with Crippen molar-refractivity contribution in [2.75, 3.05) is 0 Å². The molecule has 2 aromatic carbocycles. The molecule has 5 nitrogen and oxygen atoms in total. The lowest BCUT2D eigenvalue weighted by Gasteiger charge is -2.40. The molecule has 1 atom stereocenters. The molecule has 4 rings (SSSR count). The molecule has 2 aromatic rings. The van der Waals surface area contributed by atoms with E-state index >= 15 is 0 Å². The Labute approximate surface area is 170 Å². The van der Waals surface area contributed by atoms with E-state index < -0.39 is 0 Å². The molecule has 0 spiro atoms. The van der Waals surface area contributed by atoms with E-state index in [1.54, 1.807) is 12.1 Å². The first kappa shape index (κ1) is 19.1. The summed E-state index contributed by atoms with van der Waals surface area (Å²) >= 11 is 0. The van der Waals surface area contributed by atoms with Gasteiger partial charge in [0, 0.05) is 41.4 Å². The molecule has 1 aliphatic heterocycles. The third kappa shape index (κ3) is 3.48. The SMILES string of the molecule is CC1=C(c2ccccc2)NC2=C(C(=O)CC(C)(C)C2)C1c1cccc([N+](=O)[O-])c1. The minimum atomic E-state index is -0.386. The van der Waals surface area contributed by atoms with Crippen LogP contribution >= 0.6 is 0 Å². The average molecular weight is 388 g/mol. The average Bonchev–Trinajstić information content (AvgIpc) is 2.68. The number of non-ortho nitro benzene ring substituents is 1. The molecule has 0 fully saturated rings. The molecule has 5 heteroatoms. The number of hydrogen-bond donors (Lipinski definition) is 1. The molecule has 1 N–H and O–H groups in total. The van der Waals surface area contributed by atoms with Gasteiger partial charge < -0.3 is 5.32 Å². The molecule has 0 saturated heterocycles. The highest BCUT2D eigenvalue weighted by molar-refractivity contribution is 6.01. The van der Waals surface area contributed by atoms with Crippen molar-refractivity contribution in [3.63, 3.8) is 0 Å². The summed E-state index contributed by atoms with van der Waals surface area (Å²) in [5, 5.41) is 14.9. The van der Waals surface area contributed by atoms with Crippen molar-refractivity contribution < 1.29 is 9.72 Å². The smallest absolute Gasteiger partial charge is 0.269 e. The second-order valence-corrected chi connectivity index (χ2v) is 8.67. The third-order valence-corrected chi connectivity index (χ3v) is 5.79. The van der Waals surface area contributed by atoms with E-state index in [0.717, 1.165) is 40.1 Å². The fourth-order valence-corrected chi connectivity index (χ4v) is 4.53. The number of nitro groups is 1. The molecule has 0 radical (unpaired) electrons. The number of allylic oxidation sites excluding steroid dienone is 3. The molecular weight excluding hydrogens is 364 g/mol. The number of nitrogens with zero attached hydrogens (tertiary/aromatic N) is 1.